The fraction of sp³-hybridized carbons (Fsp3) is 0.178. The highest BCUT2D eigenvalue weighted by molar-refractivity contribution is 6.33. The van der Waals surface area contributed by atoms with E-state index < -0.39 is 52.7 Å². The van der Waals surface area contributed by atoms with Gasteiger partial charge in [-0.25, -0.2) is 4.90 Å². The van der Waals surface area contributed by atoms with Crippen molar-refractivity contribution >= 4 is 64.0 Å². The number of rotatable bonds is 6. The number of aromatic hydroxyl groups is 1. The first-order valence-electron chi connectivity index (χ1n) is 18.1. The molecule has 0 bridgehead atoms. The van der Waals surface area contributed by atoms with Crippen LogP contribution in [-0.2, 0) is 24.6 Å². The van der Waals surface area contributed by atoms with Crippen molar-refractivity contribution in [3.05, 3.63) is 171 Å². The van der Waals surface area contributed by atoms with E-state index >= 15 is 4.79 Å². The number of phenols is 1. The molecule has 6 unspecified atom stereocenters. The van der Waals surface area contributed by atoms with Gasteiger partial charge in [0.05, 0.1) is 34.5 Å². The van der Waals surface area contributed by atoms with E-state index in [9.17, 15) is 24.3 Å². The predicted octanol–water partition coefficient (Wildman–Crippen LogP) is 8.30. The monoisotopic (exact) mass is 766 g/mol. The lowest BCUT2D eigenvalue weighted by Gasteiger charge is -2.51. The number of allylic oxidation sites excluding steroid dienone is 2. The summed E-state index contributed by atoms with van der Waals surface area (Å²) in [5.41, 5.74) is 1.99. The number of carbonyl (C=O) groups is 5. The van der Waals surface area contributed by atoms with Crippen LogP contribution in [0.4, 0.5) is 11.4 Å². The lowest BCUT2D eigenvalue weighted by molar-refractivity contribution is -0.127. The number of fused-ring (bicyclic) bond motifs is 4. The summed E-state index contributed by atoms with van der Waals surface area (Å²) in [6.45, 7) is 0. The molecule has 0 radical (unpaired) electrons. The molecule has 4 aliphatic rings. The summed E-state index contributed by atoms with van der Waals surface area (Å²) in [5.74, 6) is -5.84. The number of phenolic OH excluding ortho intramolecular Hbond substituents is 1. The van der Waals surface area contributed by atoms with Gasteiger partial charge in [0.1, 0.15) is 5.75 Å². The van der Waals surface area contributed by atoms with Crippen molar-refractivity contribution in [2.45, 2.75) is 24.2 Å². The van der Waals surface area contributed by atoms with Crippen molar-refractivity contribution in [1.29, 1.82) is 0 Å². The van der Waals surface area contributed by atoms with Crippen LogP contribution in [0.2, 0.25) is 10.0 Å². The predicted molar refractivity (Wildman–Crippen MR) is 208 cm³/mol. The van der Waals surface area contributed by atoms with Crippen LogP contribution >= 0.6 is 23.2 Å². The SMILES string of the molecule is O=C(c1ccccc1)c1ccc(N2C(=O)C3CC=C4C(CC5C(=O)N(c6cccc(Cl)c6)C(=O)C5(c5ccccc5)C4c4ccc(O)cc4Cl)C3C2=O)cc1. The number of benzene rings is 5. The van der Waals surface area contributed by atoms with Gasteiger partial charge in [0, 0.05) is 27.1 Å². The highest BCUT2D eigenvalue weighted by atomic mass is 35.5. The molecule has 4 amide bonds. The molecule has 10 heteroatoms. The molecular formula is C45H32Cl2N2O6. The molecule has 1 N–H and O–H groups in total. The van der Waals surface area contributed by atoms with Gasteiger partial charge < -0.3 is 5.11 Å². The fourth-order valence-electron chi connectivity index (χ4n) is 9.61. The Bertz CT molecular complexity index is 2470. The van der Waals surface area contributed by atoms with Crippen LogP contribution < -0.4 is 9.80 Å². The zero-order chi connectivity index (χ0) is 38.2. The number of ketones is 1. The molecule has 272 valence electrons. The van der Waals surface area contributed by atoms with Crippen LogP contribution in [0.3, 0.4) is 0 Å². The third-order valence-electron chi connectivity index (χ3n) is 11.9. The molecule has 2 aliphatic carbocycles. The van der Waals surface area contributed by atoms with Gasteiger partial charge in [-0.05, 0) is 84.5 Å². The summed E-state index contributed by atoms with van der Waals surface area (Å²) in [4.78, 5) is 74.7. The lowest BCUT2D eigenvalue weighted by Crippen LogP contribution is -2.53. The highest BCUT2D eigenvalue weighted by Crippen LogP contribution is 2.65. The zero-order valence-electron chi connectivity index (χ0n) is 29.1. The number of nitrogens with zero attached hydrogens (tertiary/aromatic N) is 2. The number of anilines is 2. The first-order valence-corrected chi connectivity index (χ1v) is 18.8. The third-order valence-corrected chi connectivity index (χ3v) is 12.4. The maximum absolute atomic E-state index is 15.4. The Kier molecular flexibility index (Phi) is 8.37. The van der Waals surface area contributed by atoms with Crippen molar-refractivity contribution in [1.82, 2.24) is 0 Å². The molecule has 8 nitrogen and oxygen atoms in total. The summed E-state index contributed by atoms with van der Waals surface area (Å²) in [6, 6.07) is 35.6. The highest BCUT2D eigenvalue weighted by Gasteiger charge is 2.70. The quantitative estimate of drug-likeness (QED) is 0.106. The molecule has 0 aromatic heterocycles. The first kappa shape index (κ1) is 34.9. The maximum atomic E-state index is 15.4. The number of hydrogen-bond acceptors (Lipinski definition) is 6. The van der Waals surface area contributed by atoms with Crippen molar-refractivity contribution in [3.8, 4) is 5.75 Å². The smallest absolute Gasteiger partial charge is 0.246 e. The summed E-state index contributed by atoms with van der Waals surface area (Å²) in [6.07, 6.45) is 2.30. The third kappa shape index (κ3) is 5.23. The fourth-order valence-corrected chi connectivity index (χ4v) is 10.1. The number of hydrogen-bond donors (Lipinski definition) is 1. The van der Waals surface area contributed by atoms with Crippen LogP contribution in [0.5, 0.6) is 5.75 Å². The Morgan fingerprint density at radius 1 is 0.673 bits per heavy atom. The minimum atomic E-state index is -1.50. The topological polar surface area (TPSA) is 112 Å². The summed E-state index contributed by atoms with van der Waals surface area (Å²) in [7, 11) is 0. The van der Waals surface area contributed by atoms with Crippen LogP contribution in [0, 0.1) is 23.7 Å². The van der Waals surface area contributed by atoms with E-state index in [1.807, 2.05) is 42.5 Å². The Balaban J connectivity index is 1.17. The zero-order valence-corrected chi connectivity index (χ0v) is 30.7. The molecule has 0 spiro atoms. The van der Waals surface area contributed by atoms with E-state index in [0.29, 0.717) is 38.7 Å². The molecule has 2 saturated heterocycles. The maximum Gasteiger partial charge on any atom is 0.246 e. The second-order valence-corrected chi connectivity index (χ2v) is 15.4. The van der Waals surface area contributed by atoms with Gasteiger partial charge in [0.2, 0.25) is 23.6 Å². The van der Waals surface area contributed by atoms with Gasteiger partial charge in [-0.3, -0.25) is 28.9 Å². The minimum Gasteiger partial charge on any atom is -0.508 e. The second-order valence-electron chi connectivity index (χ2n) is 14.6. The van der Waals surface area contributed by atoms with Gasteiger partial charge in [-0.2, -0.15) is 0 Å². The van der Waals surface area contributed by atoms with E-state index in [2.05, 4.69) is 0 Å². The molecule has 6 atom stereocenters. The summed E-state index contributed by atoms with van der Waals surface area (Å²) in [5, 5.41) is 11.0. The number of halogens is 2. The Hall–Kier alpha value is -5.83. The standard InChI is InChI=1S/C45H32Cl2N2O6/c46-28-12-7-13-30(22-28)49-42(53)36-24-35-32(39(33-19-18-31(50)23-37(33)47)45(36,44(49)55)27-10-5-2-6-11-27)20-21-34-38(35)43(54)48(41(34)52)29-16-14-26(15-17-29)40(51)25-8-3-1-4-9-25/h1-20,22-23,34-36,38-39,50H,21,24H2. The van der Waals surface area contributed by atoms with Gasteiger partial charge in [0.15, 0.2) is 5.78 Å². The van der Waals surface area contributed by atoms with Crippen LogP contribution in [0.15, 0.2) is 139 Å². The van der Waals surface area contributed by atoms with Gasteiger partial charge in [-0.1, -0.05) is 108 Å². The van der Waals surface area contributed by atoms with Gasteiger partial charge in [-0.15, -0.1) is 0 Å². The summed E-state index contributed by atoms with van der Waals surface area (Å²) < 4.78 is 0. The molecule has 2 heterocycles. The van der Waals surface area contributed by atoms with Crippen molar-refractivity contribution in [3.63, 3.8) is 0 Å². The van der Waals surface area contributed by atoms with Gasteiger partial charge >= 0.3 is 0 Å². The molecule has 2 aliphatic heterocycles. The van der Waals surface area contributed by atoms with Crippen LogP contribution in [-0.4, -0.2) is 34.5 Å². The van der Waals surface area contributed by atoms with E-state index in [0.717, 1.165) is 5.57 Å². The normalized spacial score (nSPS) is 25.7. The second kappa shape index (κ2) is 13.2. The van der Waals surface area contributed by atoms with Crippen molar-refractivity contribution in [2.24, 2.45) is 23.7 Å². The Morgan fingerprint density at radius 3 is 2.05 bits per heavy atom. The average molecular weight is 768 g/mol. The largest absolute Gasteiger partial charge is 0.508 e. The molecule has 5 aromatic rings. The minimum absolute atomic E-state index is 0.0674. The number of amides is 4. The molecule has 1 saturated carbocycles. The van der Waals surface area contributed by atoms with Crippen LogP contribution in [0.25, 0.3) is 0 Å². The first-order chi connectivity index (χ1) is 26.6. The molecule has 5 aromatic carbocycles. The summed E-state index contributed by atoms with van der Waals surface area (Å²) >= 11 is 13.4. The molecule has 55 heavy (non-hydrogen) atoms. The molecule has 3 fully saturated rings. The van der Waals surface area contributed by atoms with E-state index in [-0.39, 0.29) is 35.3 Å². The average Bonchev–Trinajstić information content (AvgIpc) is 3.59. The Labute approximate surface area is 326 Å². The van der Waals surface area contributed by atoms with Crippen molar-refractivity contribution < 1.29 is 29.1 Å². The number of imide groups is 2. The van der Waals surface area contributed by atoms with Gasteiger partial charge in [0.25, 0.3) is 0 Å². The van der Waals surface area contributed by atoms with E-state index in [4.69, 9.17) is 23.2 Å². The van der Waals surface area contributed by atoms with E-state index in [1.54, 1.807) is 78.9 Å². The molecule has 9 rings (SSSR count). The number of carbonyl (C=O) groups excluding carboxylic acids is 5. The van der Waals surface area contributed by atoms with Crippen molar-refractivity contribution in [2.75, 3.05) is 9.80 Å². The van der Waals surface area contributed by atoms with Crippen LogP contribution in [0.1, 0.15) is 45.8 Å². The lowest BCUT2D eigenvalue weighted by atomic mass is 9.49. The Morgan fingerprint density at radius 2 is 1.36 bits per heavy atom. The van der Waals surface area contributed by atoms with E-state index in [1.165, 1.54) is 21.9 Å². The molecular weight excluding hydrogens is 735 g/mol.